The van der Waals surface area contributed by atoms with E-state index in [0.717, 1.165) is 12.8 Å². The van der Waals surface area contributed by atoms with Crippen LogP contribution in [0.25, 0.3) is 0 Å². The van der Waals surface area contributed by atoms with Crippen LogP contribution >= 0.6 is 0 Å². The van der Waals surface area contributed by atoms with Gasteiger partial charge in [-0.25, -0.2) is 0 Å². The number of aliphatic hydroxyl groups excluding tert-OH is 8. The third kappa shape index (κ3) is 15.7. The summed E-state index contributed by atoms with van der Waals surface area (Å²) in [6, 6.07) is -3.45. The van der Waals surface area contributed by atoms with E-state index in [9.17, 15) is 54.1 Å². The van der Waals surface area contributed by atoms with E-state index in [0.29, 0.717) is 6.42 Å². The van der Waals surface area contributed by atoms with Crippen molar-refractivity contribution in [2.75, 3.05) is 25.4 Å². The van der Waals surface area contributed by atoms with E-state index < -0.39 is 120 Å². The number of nitrogens with one attached hydrogen (secondary N) is 1. The Morgan fingerprint density at radius 3 is 1.84 bits per heavy atom. The van der Waals surface area contributed by atoms with E-state index in [1.54, 1.807) is 0 Å². The molecule has 2 heterocycles. The summed E-state index contributed by atoms with van der Waals surface area (Å²) >= 11 is 0. The monoisotopic (exact) mass is 835 g/mol. The van der Waals surface area contributed by atoms with Crippen molar-refractivity contribution in [3.8, 4) is 0 Å². The molecule has 18 N–H and O–H groups in total. The second-order valence-corrected chi connectivity index (χ2v) is 16.4. The summed E-state index contributed by atoms with van der Waals surface area (Å²) in [5.74, 6) is -0.925. The fourth-order valence-corrected chi connectivity index (χ4v) is 7.41. The zero-order chi connectivity index (χ0) is 42.2. The molecule has 22 heteroatoms. The first-order valence-corrected chi connectivity index (χ1v) is 21.2. The Hall–Kier alpha value is -1.26. The molecule has 3 rings (SSSR count). The SMILES string of the molecule is CCCCCCCCCCCCS(=O)(=O)O.NCC[C@H](O)C(=O)N[C@@H]1C[C@H](N)[C@@H](O[C@H]2O[C@H](CN)[C@@H](O)[C@H](O)[C@H]2O)[C@H](O)[C@H]1O[C@H]1O[C@H](CO)[C@@H](O)[C@H](N)[C@H]1O. The van der Waals surface area contributed by atoms with Gasteiger partial charge >= 0.3 is 0 Å². The summed E-state index contributed by atoms with van der Waals surface area (Å²) in [6.07, 6.45) is -8.17. The van der Waals surface area contributed by atoms with Gasteiger partial charge in [-0.3, -0.25) is 9.35 Å². The molecule has 1 aliphatic carbocycles. The highest BCUT2D eigenvalue weighted by molar-refractivity contribution is 7.85. The van der Waals surface area contributed by atoms with Crippen molar-refractivity contribution in [1.82, 2.24) is 5.32 Å². The van der Waals surface area contributed by atoms with Gasteiger partial charge in [-0.15, -0.1) is 0 Å². The van der Waals surface area contributed by atoms with Crippen molar-refractivity contribution in [3.63, 3.8) is 0 Å². The molecule has 0 bridgehead atoms. The molecule has 0 aromatic heterocycles. The smallest absolute Gasteiger partial charge is 0.264 e. The third-order valence-corrected chi connectivity index (χ3v) is 11.1. The van der Waals surface area contributed by atoms with Gasteiger partial charge in [-0.05, 0) is 25.8 Å². The highest BCUT2D eigenvalue weighted by Gasteiger charge is 2.52. The Morgan fingerprint density at radius 2 is 1.30 bits per heavy atom. The zero-order valence-electron chi connectivity index (χ0n) is 32.2. The fraction of sp³-hybridized carbons (Fsp3) is 0.971. The first-order valence-electron chi connectivity index (χ1n) is 19.6. The second-order valence-electron chi connectivity index (χ2n) is 14.8. The highest BCUT2D eigenvalue weighted by atomic mass is 32.2. The van der Waals surface area contributed by atoms with Gasteiger partial charge in [0.2, 0.25) is 5.91 Å². The number of carbonyl (C=O) groups is 1. The summed E-state index contributed by atoms with van der Waals surface area (Å²) in [5, 5.41) is 84.9. The summed E-state index contributed by atoms with van der Waals surface area (Å²) in [4.78, 5) is 12.6. The molecule has 16 atom stereocenters. The molecule has 56 heavy (non-hydrogen) atoms. The van der Waals surface area contributed by atoms with Crippen LogP contribution in [0.2, 0.25) is 0 Å². The van der Waals surface area contributed by atoms with E-state index >= 15 is 0 Å². The molecule has 0 aromatic rings. The number of rotatable bonds is 21. The molecule has 3 aliphatic rings. The Bertz CT molecular complexity index is 1210. The number of carbonyl (C=O) groups excluding carboxylic acids is 1. The van der Waals surface area contributed by atoms with Crippen molar-refractivity contribution < 1.29 is 77.6 Å². The van der Waals surface area contributed by atoms with Crippen LogP contribution in [0.5, 0.6) is 0 Å². The lowest BCUT2D eigenvalue weighted by Crippen LogP contribution is -2.69. The number of aliphatic hydroxyl groups is 8. The maximum absolute atomic E-state index is 12.6. The summed E-state index contributed by atoms with van der Waals surface area (Å²) in [5.41, 5.74) is 23.1. The first kappa shape index (κ1) is 50.9. The van der Waals surface area contributed by atoms with Gasteiger partial charge in [0.05, 0.1) is 24.4 Å². The lowest BCUT2D eigenvalue weighted by Gasteiger charge is -2.49. The minimum Gasteiger partial charge on any atom is -0.394 e. The number of nitrogens with two attached hydrogens (primary N) is 4. The number of hydrogen-bond acceptors (Lipinski definition) is 19. The summed E-state index contributed by atoms with van der Waals surface area (Å²) < 4.78 is 51.9. The minimum absolute atomic E-state index is 0.0101. The van der Waals surface area contributed by atoms with Crippen LogP contribution in [0.1, 0.15) is 84.0 Å². The maximum Gasteiger partial charge on any atom is 0.264 e. The maximum atomic E-state index is 12.6. The van der Waals surface area contributed by atoms with E-state index in [4.69, 9.17) is 46.4 Å². The largest absolute Gasteiger partial charge is 0.394 e. The molecule has 0 radical (unpaired) electrons. The van der Waals surface area contributed by atoms with Crippen molar-refractivity contribution in [1.29, 1.82) is 0 Å². The fourth-order valence-electron chi connectivity index (χ4n) is 6.84. The first-order chi connectivity index (χ1) is 26.4. The Labute approximate surface area is 328 Å². The van der Waals surface area contributed by atoms with Crippen molar-refractivity contribution >= 4 is 16.0 Å². The Morgan fingerprint density at radius 1 is 0.768 bits per heavy atom. The topological polar surface area (TPSA) is 386 Å². The average molecular weight is 836 g/mol. The molecule has 1 saturated carbocycles. The lowest BCUT2D eigenvalue weighted by atomic mass is 9.83. The van der Waals surface area contributed by atoms with Crippen LogP contribution in [-0.4, -0.2) is 183 Å². The van der Waals surface area contributed by atoms with Gasteiger partial charge in [0.1, 0.15) is 67.1 Å². The van der Waals surface area contributed by atoms with Crippen LogP contribution in [0.15, 0.2) is 0 Å². The van der Waals surface area contributed by atoms with Crippen molar-refractivity contribution in [2.24, 2.45) is 22.9 Å². The lowest BCUT2D eigenvalue weighted by molar-refractivity contribution is -0.332. The second kappa shape index (κ2) is 25.4. The standard InChI is InChI=1S/C22H43N5O13.C12H26O3S/c23-2-1-8(29)20(36)27-7-3-6(25)18(39-22-16(34)15(33)13(31)9(4-24)37-22)17(35)19(7)40-21-14(32)11(26)12(30)10(5-28)38-21;1-2-3-4-5-6-7-8-9-10-11-12-16(13,14)15/h6-19,21-22,28-35H,1-5,23-26H2,(H,27,36);2-12H2,1H3,(H,13,14,15)/t6-,7+,8-,9+,10+,11-,12+,13+,14+,15-,16+,17-,18+,19-,21+,22+;/m0./s1. The summed E-state index contributed by atoms with van der Waals surface area (Å²) in [6.45, 7) is 1.32. The molecular weight excluding hydrogens is 766 g/mol. The van der Waals surface area contributed by atoms with Crippen molar-refractivity contribution in [3.05, 3.63) is 0 Å². The Kier molecular flexibility index (Phi) is 23.1. The van der Waals surface area contributed by atoms with Gasteiger partial charge < -0.3 is 88.1 Å². The summed E-state index contributed by atoms with van der Waals surface area (Å²) in [7, 11) is -3.73. The minimum atomic E-state index is -3.73. The highest BCUT2D eigenvalue weighted by Crippen LogP contribution is 2.32. The van der Waals surface area contributed by atoms with Gasteiger partial charge in [0, 0.05) is 12.6 Å². The number of hydrogen-bond donors (Lipinski definition) is 14. The predicted octanol–water partition coefficient (Wildman–Crippen LogP) is -4.63. The van der Waals surface area contributed by atoms with E-state index in [1.807, 2.05) is 0 Å². The molecule has 0 aromatic carbocycles. The van der Waals surface area contributed by atoms with E-state index in [-0.39, 0.29) is 31.7 Å². The van der Waals surface area contributed by atoms with Crippen LogP contribution in [0.4, 0.5) is 0 Å². The quantitative estimate of drug-likeness (QED) is 0.0382. The van der Waals surface area contributed by atoms with Gasteiger partial charge in [0.15, 0.2) is 12.6 Å². The third-order valence-electron chi connectivity index (χ3n) is 10.3. The molecule has 0 unspecified atom stereocenters. The molecule has 21 nitrogen and oxygen atoms in total. The van der Waals surface area contributed by atoms with Gasteiger partial charge in [-0.1, -0.05) is 64.7 Å². The number of unbranched alkanes of at least 4 members (excludes halogenated alkanes) is 9. The van der Waals surface area contributed by atoms with E-state index in [1.165, 1.54) is 44.9 Å². The Balaban J connectivity index is 0.000000570. The molecule has 2 saturated heterocycles. The van der Waals surface area contributed by atoms with Crippen LogP contribution in [-0.2, 0) is 33.9 Å². The average Bonchev–Trinajstić information content (AvgIpc) is 3.15. The zero-order valence-corrected chi connectivity index (χ0v) is 33.0. The van der Waals surface area contributed by atoms with Crippen LogP contribution in [0, 0.1) is 0 Å². The van der Waals surface area contributed by atoms with Gasteiger partial charge in [0.25, 0.3) is 10.1 Å². The molecule has 1 amide bonds. The molecule has 3 fully saturated rings. The molecular formula is C34H69N5O16S. The number of amides is 1. The molecule has 2 aliphatic heterocycles. The molecule has 0 spiro atoms. The van der Waals surface area contributed by atoms with Crippen molar-refractivity contribution in [2.45, 2.75) is 182 Å². The normalized spacial score (nSPS) is 37.0. The van der Waals surface area contributed by atoms with Crippen LogP contribution in [0.3, 0.4) is 0 Å². The van der Waals surface area contributed by atoms with Crippen LogP contribution < -0.4 is 28.3 Å². The van der Waals surface area contributed by atoms with Gasteiger partial charge in [-0.2, -0.15) is 8.42 Å². The predicted molar refractivity (Wildman–Crippen MR) is 200 cm³/mol. The molecule has 332 valence electrons. The number of ether oxygens (including phenoxy) is 4. The van der Waals surface area contributed by atoms with E-state index in [2.05, 4.69) is 12.2 Å².